The Hall–Kier alpha value is -2.83. The van der Waals surface area contributed by atoms with Gasteiger partial charge in [0.1, 0.15) is 5.82 Å². The van der Waals surface area contributed by atoms with Gasteiger partial charge < -0.3 is 10.2 Å². The molecule has 28 heavy (non-hydrogen) atoms. The number of aromatic nitrogens is 2. The van der Waals surface area contributed by atoms with E-state index in [0.29, 0.717) is 19.0 Å². The fourth-order valence-electron chi connectivity index (χ4n) is 4.08. The number of urea groups is 1. The van der Waals surface area contributed by atoms with Gasteiger partial charge >= 0.3 is 6.03 Å². The van der Waals surface area contributed by atoms with Crippen LogP contribution in [0, 0.1) is 6.92 Å². The topological polar surface area (TPSA) is 79.3 Å². The molecule has 0 atom stereocenters. The second-order valence-corrected chi connectivity index (χ2v) is 7.68. The molecule has 3 amide bonds. The van der Waals surface area contributed by atoms with Crippen LogP contribution < -0.4 is 15.5 Å². The lowest BCUT2D eigenvalue weighted by Gasteiger charge is -2.17. The van der Waals surface area contributed by atoms with Crippen LogP contribution >= 0.6 is 0 Å². The predicted octanol–water partition coefficient (Wildman–Crippen LogP) is 3.76. The molecular formula is C21H27N5O2. The summed E-state index contributed by atoms with van der Waals surface area (Å²) in [5, 5.41) is 10.3. The van der Waals surface area contributed by atoms with Crippen LogP contribution in [-0.2, 0) is 11.3 Å². The lowest BCUT2D eigenvalue weighted by molar-refractivity contribution is -0.117. The zero-order valence-electron chi connectivity index (χ0n) is 16.3. The lowest BCUT2D eigenvalue weighted by atomic mass is 10.2. The Balaban J connectivity index is 1.34. The van der Waals surface area contributed by atoms with Crippen molar-refractivity contribution in [1.29, 1.82) is 0 Å². The number of benzene rings is 1. The summed E-state index contributed by atoms with van der Waals surface area (Å²) in [5.41, 5.74) is 2.89. The highest BCUT2D eigenvalue weighted by Gasteiger charge is 2.23. The molecule has 4 rings (SSSR count). The molecule has 1 saturated heterocycles. The highest BCUT2D eigenvalue weighted by atomic mass is 16.2. The number of hydrogen-bond donors (Lipinski definition) is 2. The minimum absolute atomic E-state index is 0.180. The van der Waals surface area contributed by atoms with Gasteiger partial charge in [-0.05, 0) is 43.9 Å². The summed E-state index contributed by atoms with van der Waals surface area (Å²) in [5.74, 6) is 0.965. The Labute approximate surface area is 165 Å². The van der Waals surface area contributed by atoms with E-state index in [4.69, 9.17) is 0 Å². The molecule has 1 aliphatic heterocycles. The standard InChI is InChI=1S/C21H27N5O2/c1-15-13-23-26(18-5-2-3-6-18)20(15)24-21(28)22-14-16-8-10-17(11-9-16)25-12-4-7-19(25)27/h8-11,13,18H,2-7,12,14H2,1H3,(H2,22,24,28). The fraction of sp³-hybridized carbons (Fsp3) is 0.476. The van der Waals surface area contributed by atoms with E-state index in [1.807, 2.05) is 47.0 Å². The third-order valence-corrected chi connectivity index (χ3v) is 5.66. The van der Waals surface area contributed by atoms with Crippen molar-refractivity contribution < 1.29 is 9.59 Å². The van der Waals surface area contributed by atoms with Crippen molar-refractivity contribution in [3.05, 3.63) is 41.6 Å². The van der Waals surface area contributed by atoms with Gasteiger partial charge in [-0.3, -0.25) is 10.1 Å². The first-order valence-corrected chi connectivity index (χ1v) is 10.1. The van der Waals surface area contributed by atoms with Gasteiger partial charge in [0.25, 0.3) is 0 Å². The molecule has 2 fully saturated rings. The van der Waals surface area contributed by atoms with Crippen LogP contribution in [-0.4, -0.2) is 28.3 Å². The average molecular weight is 381 g/mol. The normalized spacial score (nSPS) is 17.3. The maximum absolute atomic E-state index is 12.4. The number of carbonyl (C=O) groups is 2. The zero-order chi connectivity index (χ0) is 19.5. The van der Waals surface area contributed by atoms with Gasteiger partial charge in [-0.2, -0.15) is 5.10 Å². The van der Waals surface area contributed by atoms with Crippen molar-refractivity contribution in [2.75, 3.05) is 16.8 Å². The number of hydrogen-bond acceptors (Lipinski definition) is 3. The highest BCUT2D eigenvalue weighted by molar-refractivity contribution is 5.95. The average Bonchev–Trinajstić information content (AvgIpc) is 3.43. The molecule has 0 spiro atoms. The summed E-state index contributed by atoms with van der Waals surface area (Å²) >= 11 is 0. The number of nitrogens with zero attached hydrogens (tertiary/aromatic N) is 3. The number of aryl methyl sites for hydroxylation is 1. The molecule has 0 unspecified atom stereocenters. The van der Waals surface area contributed by atoms with E-state index in [2.05, 4.69) is 15.7 Å². The SMILES string of the molecule is Cc1cnn(C2CCCC2)c1NC(=O)NCc1ccc(N2CCCC2=O)cc1. The summed E-state index contributed by atoms with van der Waals surface area (Å²) in [6.45, 7) is 3.18. The minimum atomic E-state index is -0.235. The van der Waals surface area contributed by atoms with Crippen LogP contribution in [0.25, 0.3) is 0 Å². The van der Waals surface area contributed by atoms with E-state index in [1.54, 1.807) is 0 Å². The molecular weight excluding hydrogens is 354 g/mol. The first-order valence-electron chi connectivity index (χ1n) is 10.1. The maximum Gasteiger partial charge on any atom is 0.320 e. The summed E-state index contributed by atoms with van der Waals surface area (Å²) in [4.78, 5) is 26.1. The van der Waals surface area contributed by atoms with E-state index >= 15 is 0 Å². The second kappa shape index (κ2) is 8.04. The van der Waals surface area contributed by atoms with Gasteiger partial charge in [0.05, 0.1) is 12.2 Å². The van der Waals surface area contributed by atoms with Gasteiger partial charge in [0.2, 0.25) is 5.91 Å². The molecule has 148 valence electrons. The number of rotatable bonds is 5. The summed E-state index contributed by atoms with van der Waals surface area (Å²) in [7, 11) is 0. The molecule has 0 radical (unpaired) electrons. The van der Waals surface area contributed by atoms with Crippen LogP contribution in [0.15, 0.2) is 30.5 Å². The molecule has 0 bridgehead atoms. The summed E-state index contributed by atoms with van der Waals surface area (Å²) in [6.07, 6.45) is 8.01. The van der Waals surface area contributed by atoms with Crippen molar-refractivity contribution in [3.63, 3.8) is 0 Å². The number of nitrogens with one attached hydrogen (secondary N) is 2. The fourth-order valence-corrected chi connectivity index (χ4v) is 4.08. The monoisotopic (exact) mass is 381 g/mol. The second-order valence-electron chi connectivity index (χ2n) is 7.68. The predicted molar refractivity (Wildman–Crippen MR) is 108 cm³/mol. The molecule has 1 saturated carbocycles. The summed E-state index contributed by atoms with van der Waals surface area (Å²) in [6, 6.07) is 7.94. The Morgan fingerprint density at radius 1 is 1.18 bits per heavy atom. The van der Waals surface area contributed by atoms with E-state index < -0.39 is 0 Å². The Morgan fingerprint density at radius 2 is 1.93 bits per heavy atom. The first kappa shape index (κ1) is 18.5. The van der Waals surface area contributed by atoms with Gasteiger partial charge in [0.15, 0.2) is 0 Å². The molecule has 2 aliphatic rings. The van der Waals surface area contributed by atoms with Crippen molar-refractivity contribution in [2.45, 2.75) is 58.0 Å². The molecule has 7 nitrogen and oxygen atoms in total. The number of anilines is 2. The van der Waals surface area contributed by atoms with Gasteiger partial charge in [-0.1, -0.05) is 25.0 Å². The van der Waals surface area contributed by atoms with Gasteiger partial charge in [-0.15, -0.1) is 0 Å². The van der Waals surface area contributed by atoms with Gasteiger partial charge in [-0.25, -0.2) is 9.48 Å². The third kappa shape index (κ3) is 3.88. The number of amides is 3. The highest BCUT2D eigenvalue weighted by Crippen LogP contribution is 2.32. The largest absolute Gasteiger partial charge is 0.334 e. The van der Waals surface area contributed by atoms with Crippen LogP contribution in [0.5, 0.6) is 0 Å². The number of carbonyl (C=O) groups excluding carboxylic acids is 2. The van der Waals surface area contributed by atoms with E-state index in [9.17, 15) is 9.59 Å². The van der Waals surface area contributed by atoms with Crippen molar-refractivity contribution in [2.24, 2.45) is 0 Å². The lowest BCUT2D eigenvalue weighted by Crippen LogP contribution is -2.30. The summed E-state index contributed by atoms with van der Waals surface area (Å²) < 4.78 is 1.96. The zero-order valence-corrected chi connectivity index (χ0v) is 16.3. The van der Waals surface area contributed by atoms with Crippen molar-refractivity contribution in [1.82, 2.24) is 15.1 Å². The minimum Gasteiger partial charge on any atom is -0.334 e. The molecule has 1 aliphatic carbocycles. The molecule has 2 heterocycles. The van der Waals surface area contributed by atoms with Crippen LogP contribution in [0.1, 0.15) is 55.7 Å². The van der Waals surface area contributed by atoms with Crippen LogP contribution in [0.4, 0.5) is 16.3 Å². The quantitative estimate of drug-likeness (QED) is 0.828. The van der Waals surface area contributed by atoms with Gasteiger partial charge in [0, 0.05) is 30.8 Å². The molecule has 7 heteroatoms. The van der Waals surface area contributed by atoms with E-state index in [-0.39, 0.29) is 11.9 Å². The smallest absolute Gasteiger partial charge is 0.320 e. The van der Waals surface area contributed by atoms with Crippen LogP contribution in [0.2, 0.25) is 0 Å². The van der Waals surface area contributed by atoms with E-state index in [0.717, 1.165) is 48.4 Å². The van der Waals surface area contributed by atoms with Crippen molar-refractivity contribution >= 4 is 23.4 Å². The molecule has 2 aromatic rings. The van der Waals surface area contributed by atoms with Crippen LogP contribution in [0.3, 0.4) is 0 Å². The Kier molecular flexibility index (Phi) is 5.32. The molecule has 1 aromatic carbocycles. The molecule has 1 aromatic heterocycles. The van der Waals surface area contributed by atoms with E-state index in [1.165, 1.54) is 12.8 Å². The Morgan fingerprint density at radius 3 is 2.61 bits per heavy atom. The Bertz CT molecular complexity index is 852. The van der Waals surface area contributed by atoms with Crippen molar-refractivity contribution in [3.8, 4) is 0 Å². The maximum atomic E-state index is 12.4. The first-order chi connectivity index (χ1) is 13.6. The molecule has 2 N–H and O–H groups in total. The third-order valence-electron chi connectivity index (χ3n) is 5.66.